The van der Waals surface area contributed by atoms with Crippen molar-refractivity contribution in [1.29, 1.82) is 0 Å². The molecule has 1 aliphatic heterocycles. The van der Waals surface area contributed by atoms with E-state index in [2.05, 4.69) is 0 Å². The van der Waals surface area contributed by atoms with E-state index >= 15 is 0 Å². The van der Waals surface area contributed by atoms with Gasteiger partial charge in [0.25, 0.3) is 0 Å². The molecule has 0 aromatic heterocycles. The van der Waals surface area contributed by atoms with Crippen LogP contribution in [0, 0.1) is 0 Å². The van der Waals surface area contributed by atoms with Gasteiger partial charge >= 0.3 is 6.09 Å². The molecule has 2 fully saturated rings. The molecule has 1 aromatic carbocycles. The van der Waals surface area contributed by atoms with Gasteiger partial charge in [-0.1, -0.05) is 30.3 Å². The second-order valence-electron chi connectivity index (χ2n) is 4.86. The number of carbonyl (C=O) groups excluding carboxylic acids is 1. The Balaban J connectivity index is 1.58. The minimum absolute atomic E-state index is 0.0200. The molecule has 1 saturated carbocycles. The molecule has 0 radical (unpaired) electrons. The molecule has 0 bridgehead atoms. The Kier molecular flexibility index (Phi) is 3.62. The summed E-state index contributed by atoms with van der Waals surface area (Å²) < 4.78 is 10.9. The number of nitrogens with zero attached hydrogens (tertiary/aromatic N) is 1. The summed E-state index contributed by atoms with van der Waals surface area (Å²) in [5, 5.41) is -0.0930. The Labute approximate surface area is 117 Å². The number of amides is 1. The lowest BCUT2D eigenvalue weighted by molar-refractivity contribution is 0.0902. The minimum Gasteiger partial charge on any atom is -0.445 e. The number of alkyl halides is 1. The topological polar surface area (TPSA) is 38.8 Å². The number of ether oxygens (including phenoxy) is 2. The molecule has 1 aliphatic carbocycles. The monoisotopic (exact) mass is 281 g/mol. The Morgan fingerprint density at radius 2 is 2.21 bits per heavy atom. The fourth-order valence-electron chi connectivity index (χ4n) is 2.39. The van der Waals surface area contributed by atoms with Gasteiger partial charge in [0, 0.05) is 13.2 Å². The van der Waals surface area contributed by atoms with Gasteiger partial charge in [0.1, 0.15) is 6.61 Å². The maximum Gasteiger partial charge on any atom is 0.410 e. The summed E-state index contributed by atoms with van der Waals surface area (Å²) in [6, 6.07) is 9.63. The van der Waals surface area contributed by atoms with Crippen molar-refractivity contribution in [1.82, 2.24) is 4.90 Å². The second kappa shape index (κ2) is 5.39. The van der Waals surface area contributed by atoms with Crippen molar-refractivity contribution in [2.24, 2.45) is 0 Å². The van der Waals surface area contributed by atoms with Crippen molar-refractivity contribution in [3.8, 4) is 0 Å². The van der Waals surface area contributed by atoms with Gasteiger partial charge in [-0.2, -0.15) is 0 Å². The maximum absolute atomic E-state index is 12.1. The normalized spacial score (nSPS) is 29.3. The molecule has 5 heteroatoms. The van der Waals surface area contributed by atoms with Crippen LogP contribution in [-0.2, 0) is 16.1 Å². The molecule has 4 nitrogen and oxygen atoms in total. The average molecular weight is 282 g/mol. The molecule has 0 N–H and O–H groups in total. The molecule has 2 aliphatic rings. The third-order valence-electron chi connectivity index (χ3n) is 3.49. The highest BCUT2D eigenvalue weighted by molar-refractivity contribution is 6.24. The average Bonchev–Trinajstić information content (AvgIpc) is 3.13. The fourth-order valence-corrected chi connectivity index (χ4v) is 2.81. The van der Waals surface area contributed by atoms with E-state index in [1.165, 1.54) is 0 Å². The number of rotatable bonds is 2. The quantitative estimate of drug-likeness (QED) is 0.782. The zero-order valence-electron chi connectivity index (χ0n) is 10.5. The Morgan fingerprint density at radius 1 is 1.42 bits per heavy atom. The van der Waals surface area contributed by atoms with E-state index in [0.29, 0.717) is 19.8 Å². The van der Waals surface area contributed by atoms with Gasteiger partial charge in [-0.25, -0.2) is 4.79 Å². The summed E-state index contributed by atoms with van der Waals surface area (Å²) in [4.78, 5) is 13.8. The number of hydrogen-bond acceptors (Lipinski definition) is 3. The highest BCUT2D eigenvalue weighted by Crippen LogP contribution is 2.39. The van der Waals surface area contributed by atoms with Crippen LogP contribution in [0.4, 0.5) is 4.79 Å². The van der Waals surface area contributed by atoms with Crippen LogP contribution < -0.4 is 0 Å². The highest BCUT2D eigenvalue weighted by atomic mass is 35.5. The smallest absolute Gasteiger partial charge is 0.410 e. The van der Waals surface area contributed by atoms with E-state index in [4.69, 9.17) is 21.1 Å². The Hall–Kier alpha value is -1.26. The molecule has 1 heterocycles. The van der Waals surface area contributed by atoms with Crippen LogP contribution in [0.1, 0.15) is 12.0 Å². The standard InChI is InChI=1S/C14H16ClNO3/c15-11-12-13(11)18-8-4-7-16(12)14(17)19-9-10-5-2-1-3-6-10/h1-3,5-6,11-13H,4,7-9H2. The summed E-state index contributed by atoms with van der Waals surface area (Å²) >= 11 is 6.11. The molecule has 102 valence electrons. The van der Waals surface area contributed by atoms with Gasteiger partial charge in [-0.3, -0.25) is 0 Å². The van der Waals surface area contributed by atoms with Crippen molar-refractivity contribution in [3.05, 3.63) is 35.9 Å². The van der Waals surface area contributed by atoms with Crippen LogP contribution in [-0.4, -0.2) is 41.7 Å². The molecule has 3 unspecified atom stereocenters. The van der Waals surface area contributed by atoms with Gasteiger partial charge in [0.05, 0.1) is 17.5 Å². The summed E-state index contributed by atoms with van der Waals surface area (Å²) in [5.74, 6) is 0. The maximum atomic E-state index is 12.1. The van der Waals surface area contributed by atoms with Gasteiger partial charge in [-0.15, -0.1) is 11.6 Å². The summed E-state index contributed by atoms with van der Waals surface area (Å²) in [7, 11) is 0. The molecular weight excluding hydrogens is 266 g/mol. The predicted molar refractivity (Wildman–Crippen MR) is 71.1 cm³/mol. The number of hydrogen-bond donors (Lipinski definition) is 0. The number of benzene rings is 1. The lowest BCUT2D eigenvalue weighted by Gasteiger charge is -2.20. The lowest BCUT2D eigenvalue weighted by atomic mass is 10.2. The molecule has 1 saturated heterocycles. The summed E-state index contributed by atoms with van der Waals surface area (Å²) in [6.45, 7) is 1.60. The van der Waals surface area contributed by atoms with E-state index in [1.54, 1.807) is 4.90 Å². The summed E-state index contributed by atoms with van der Waals surface area (Å²) in [6.07, 6.45) is 0.512. The van der Waals surface area contributed by atoms with Crippen molar-refractivity contribution in [2.75, 3.05) is 13.2 Å². The Morgan fingerprint density at radius 3 is 3.00 bits per heavy atom. The molecular formula is C14H16ClNO3. The third-order valence-corrected chi connectivity index (χ3v) is 4.00. The van der Waals surface area contributed by atoms with Crippen LogP contribution >= 0.6 is 11.6 Å². The Bertz CT molecular complexity index is 453. The van der Waals surface area contributed by atoms with E-state index in [1.807, 2.05) is 30.3 Å². The van der Waals surface area contributed by atoms with Crippen LogP contribution in [0.2, 0.25) is 0 Å². The number of halogens is 1. The van der Waals surface area contributed by atoms with Gasteiger partial charge in [0.2, 0.25) is 0 Å². The first-order valence-electron chi connectivity index (χ1n) is 6.50. The second-order valence-corrected chi connectivity index (χ2v) is 5.36. The number of fused-ring (bicyclic) bond motifs is 1. The predicted octanol–water partition coefficient (Wildman–Crippen LogP) is 2.40. The first-order chi connectivity index (χ1) is 9.27. The molecule has 0 spiro atoms. The van der Waals surface area contributed by atoms with Gasteiger partial charge < -0.3 is 14.4 Å². The van der Waals surface area contributed by atoms with Crippen LogP contribution in [0.5, 0.6) is 0 Å². The first kappa shape index (κ1) is 12.8. The van der Waals surface area contributed by atoms with Crippen LogP contribution in [0.25, 0.3) is 0 Å². The van der Waals surface area contributed by atoms with Gasteiger partial charge in [-0.05, 0) is 12.0 Å². The first-order valence-corrected chi connectivity index (χ1v) is 6.94. The third kappa shape index (κ3) is 2.69. The number of carbonyl (C=O) groups is 1. The molecule has 1 amide bonds. The van der Waals surface area contributed by atoms with E-state index in [0.717, 1.165) is 12.0 Å². The molecule has 19 heavy (non-hydrogen) atoms. The van der Waals surface area contributed by atoms with Crippen LogP contribution in [0.3, 0.4) is 0 Å². The zero-order valence-corrected chi connectivity index (χ0v) is 11.3. The van der Waals surface area contributed by atoms with E-state index in [-0.39, 0.29) is 23.6 Å². The molecule has 3 rings (SSSR count). The molecule has 3 atom stereocenters. The van der Waals surface area contributed by atoms with Crippen molar-refractivity contribution in [3.63, 3.8) is 0 Å². The SMILES string of the molecule is O=C(OCc1ccccc1)N1CCCOC2C(Cl)C21. The fraction of sp³-hybridized carbons (Fsp3) is 0.500. The van der Waals surface area contributed by atoms with Crippen molar-refractivity contribution >= 4 is 17.7 Å². The van der Waals surface area contributed by atoms with Gasteiger partial charge in [0.15, 0.2) is 0 Å². The van der Waals surface area contributed by atoms with E-state index < -0.39 is 0 Å². The largest absolute Gasteiger partial charge is 0.445 e. The minimum atomic E-state index is -0.299. The highest BCUT2D eigenvalue weighted by Gasteiger charge is 2.56. The molecule has 1 aromatic rings. The van der Waals surface area contributed by atoms with E-state index in [9.17, 15) is 4.79 Å². The van der Waals surface area contributed by atoms with Crippen LogP contribution in [0.15, 0.2) is 30.3 Å². The van der Waals surface area contributed by atoms with Crippen molar-refractivity contribution in [2.45, 2.75) is 30.6 Å². The summed E-state index contributed by atoms with van der Waals surface area (Å²) in [5.41, 5.74) is 0.983. The zero-order chi connectivity index (χ0) is 13.2. The van der Waals surface area contributed by atoms with Crippen molar-refractivity contribution < 1.29 is 14.3 Å². The lowest BCUT2D eigenvalue weighted by Crippen LogP contribution is -2.36.